The molecule has 1 atom stereocenters. The number of aromatic nitrogens is 1. The van der Waals surface area contributed by atoms with Gasteiger partial charge in [0.25, 0.3) is 0 Å². The molecule has 23 heavy (non-hydrogen) atoms. The van der Waals surface area contributed by atoms with Crippen molar-refractivity contribution >= 4 is 11.9 Å². The zero-order chi connectivity index (χ0) is 16.1. The highest BCUT2D eigenvalue weighted by atomic mass is 16.5. The Kier molecular flexibility index (Phi) is 4.73. The van der Waals surface area contributed by atoms with Crippen molar-refractivity contribution in [3.63, 3.8) is 0 Å². The molecular formula is C17H18N2O4. The number of cyclic esters (lactones) is 1. The van der Waals surface area contributed by atoms with Crippen LogP contribution in [0.2, 0.25) is 0 Å². The zero-order valence-electron chi connectivity index (χ0n) is 12.6. The number of hydrogen-bond donors (Lipinski definition) is 2. The standard InChI is InChI=1S/C17H18N2O4/c20-16-14(8-9-22-16)18-10-13-6-7-15(19-13)17(21)23-11-12-4-2-1-3-5-12/h1-7,14,18-19H,8-11H2/t14-/m0/s1. The summed E-state index contributed by atoms with van der Waals surface area (Å²) in [6.07, 6.45) is 0.672. The summed E-state index contributed by atoms with van der Waals surface area (Å²) in [5, 5.41) is 3.10. The minimum atomic E-state index is -0.402. The smallest absolute Gasteiger partial charge is 0.355 e. The van der Waals surface area contributed by atoms with Gasteiger partial charge in [0.2, 0.25) is 0 Å². The monoisotopic (exact) mass is 314 g/mol. The van der Waals surface area contributed by atoms with E-state index in [1.807, 2.05) is 30.3 Å². The third-order valence-electron chi connectivity index (χ3n) is 3.65. The first-order valence-electron chi connectivity index (χ1n) is 7.51. The van der Waals surface area contributed by atoms with Crippen LogP contribution < -0.4 is 5.32 Å². The quantitative estimate of drug-likeness (QED) is 0.794. The first-order chi connectivity index (χ1) is 11.2. The highest BCUT2D eigenvalue weighted by Crippen LogP contribution is 2.09. The van der Waals surface area contributed by atoms with Gasteiger partial charge in [0.1, 0.15) is 18.3 Å². The van der Waals surface area contributed by atoms with Crippen molar-refractivity contribution in [2.45, 2.75) is 25.6 Å². The van der Waals surface area contributed by atoms with Crippen molar-refractivity contribution in [2.75, 3.05) is 6.61 Å². The van der Waals surface area contributed by atoms with Crippen molar-refractivity contribution < 1.29 is 19.1 Å². The van der Waals surface area contributed by atoms with Crippen LogP contribution in [0.25, 0.3) is 0 Å². The normalized spacial score (nSPS) is 17.0. The molecule has 2 aromatic rings. The third-order valence-corrected chi connectivity index (χ3v) is 3.65. The molecule has 0 spiro atoms. The predicted molar refractivity (Wildman–Crippen MR) is 82.6 cm³/mol. The van der Waals surface area contributed by atoms with E-state index in [-0.39, 0.29) is 18.6 Å². The van der Waals surface area contributed by atoms with Crippen LogP contribution in [0.3, 0.4) is 0 Å². The summed E-state index contributed by atoms with van der Waals surface area (Å²) in [6.45, 7) is 1.16. The molecule has 1 aromatic heterocycles. The van der Waals surface area contributed by atoms with Gasteiger partial charge in [-0.1, -0.05) is 30.3 Å². The second-order valence-electron chi connectivity index (χ2n) is 5.35. The fourth-order valence-corrected chi connectivity index (χ4v) is 2.38. The van der Waals surface area contributed by atoms with E-state index in [0.29, 0.717) is 25.3 Å². The average Bonchev–Trinajstić information content (AvgIpc) is 3.20. The number of esters is 2. The van der Waals surface area contributed by atoms with Crippen LogP contribution in [-0.2, 0) is 27.4 Å². The Labute approximate surface area is 133 Å². The molecule has 2 heterocycles. The summed E-state index contributed by atoms with van der Waals surface area (Å²) in [5.41, 5.74) is 2.15. The maximum atomic E-state index is 12.0. The Morgan fingerprint density at radius 2 is 2.09 bits per heavy atom. The number of rotatable bonds is 6. The Morgan fingerprint density at radius 3 is 2.83 bits per heavy atom. The van der Waals surface area contributed by atoms with Crippen LogP contribution in [0.1, 0.15) is 28.2 Å². The maximum absolute atomic E-state index is 12.0. The molecule has 1 aliphatic rings. The first-order valence-corrected chi connectivity index (χ1v) is 7.51. The van der Waals surface area contributed by atoms with Gasteiger partial charge in [-0.15, -0.1) is 0 Å². The molecule has 0 radical (unpaired) electrons. The van der Waals surface area contributed by atoms with Crippen molar-refractivity contribution in [3.05, 3.63) is 59.4 Å². The molecule has 1 saturated heterocycles. The van der Waals surface area contributed by atoms with Gasteiger partial charge in [0.15, 0.2) is 0 Å². The fraction of sp³-hybridized carbons (Fsp3) is 0.294. The lowest BCUT2D eigenvalue weighted by Crippen LogP contribution is -2.32. The lowest BCUT2D eigenvalue weighted by atomic mass is 10.2. The van der Waals surface area contributed by atoms with Crippen molar-refractivity contribution in [2.24, 2.45) is 0 Å². The second-order valence-corrected chi connectivity index (χ2v) is 5.35. The zero-order valence-corrected chi connectivity index (χ0v) is 12.6. The largest absolute Gasteiger partial charge is 0.464 e. The minimum absolute atomic E-state index is 0.223. The van der Waals surface area contributed by atoms with Crippen LogP contribution in [-0.4, -0.2) is 29.6 Å². The molecule has 0 amide bonds. The lowest BCUT2D eigenvalue weighted by molar-refractivity contribution is -0.139. The molecule has 120 valence electrons. The number of hydrogen-bond acceptors (Lipinski definition) is 5. The maximum Gasteiger partial charge on any atom is 0.355 e. The Morgan fingerprint density at radius 1 is 1.26 bits per heavy atom. The van der Waals surface area contributed by atoms with Crippen LogP contribution in [0, 0.1) is 0 Å². The van der Waals surface area contributed by atoms with Crippen LogP contribution in [0.4, 0.5) is 0 Å². The fourth-order valence-electron chi connectivity index (χ4n) is 2.38. The summed E-state index contributed by atoms with van der Waals surface area (Å²) >= 11 is 0. The van der Waals surface area contributed by atoms with Crippen molar-refractivity contribution in [1.29, 1.82) is 0 Å². The number of carbonyl (C=O) groups is 2. The second kappa shape index (κ2) is 7.11. The Bertz CT molecular complexity index is 681. The van der Waals surface area contributed by atoms with Crippen LogP contribution >= 0.6 is 0 Å². The molecule has 1 fully saturated rings. The van der Waals surface area contributed by atoms with Crippen LogP contribution in [0.5, 0.6) is 0 Å². The molecule has 0 saturated carbocycles. The molecular weight excluding hydrogens is 296 g/mol. The van der Waals surface area contributed by atoms with E-state index in [4.69, 9.17) is 9.47 Å². The summed E-state index contributed by atoms with van der Waals surface area (Å²) in [7, 11) is 0. The molecule has 3 rings (SSSR count). The van der Waals surface area contributed by atoms with E-state index in [1.54, 1.807) is 12.1 Å². The first kappa shape index (κ1) is 15.3. The number of aromatic amines is 1. The predicted octanol–water partition coefficient (Wildman–Crippen LogP) is 1.78. The van der Waals surface area contributed by atoms with E-state index in [0.717, 1.165) is 11.3 Å². The Hall–Kier alpha value is -2.60. The molecule has 1 aromatic carbocycles. The number of carbonyl (C=O) groups excluding carboxylic acids is 2. The third kappa shape index (κ3) is 3.98. The summed E-state index contributed by atoms with van der Waals surface area (Å²) in [5.74, 6) is -0.626. The molecule has 2 N–H and O–H groups in total. The average molecular weight is 314 g/mol. The topological polar surface area (TPSA) is 80.4 Å². The van der Waals surface area contributed by atoms with Gasteiger partial charge in [0.05, 0.1) is 6.61 Å². The summed E-state index contributed by atoms with van der Waals surface area (Å²) in [4.78, 5) is 26.4. The van der Waals surface area contributed by atoms with Gasteiger partial charge < -0.3 is 14.5 Å². The van der Waals surface area contributed by atoms with Gasteiger partial charge in [0, 0.05) is 18.7 Å². The van der Waals surface area contributed by atoms with E-state index in [1.165, 1.54) is 0 Å². The highest BCUT2D eigenvalue weighted by molar-refractivity contribution is 5.87. The lowest BCUT2D eigenvalue weighted by Gasteiger charge is -2.07. The summed E-state index contributed by atoms with van der Waals surface area (Å²) in [6, 6.07) is 12.7. The van der Waals surface area contributed by atoms with Crippen molar-refractivity contribution in [1.82, 2.24) is 10.3 Å². The molecule has 0 bridgehead atoms. The van der Waals surface area contributed by atoms with Gasteiger partial charge in [-0.2, -0.15) is 0 Å². The van der Waals surface area contributed by atoms with Gasteiger partial charge >= 0.3 is 11.9 Å². The number of nitrogens with one attached hydrogen (secondary N) is 2. The van der Waals surface area contributed by atoms with E-state index in [2.05, 4.69) is 10.3 Å². The van der Waals surface area contributed by atoms with E-state index < -0.39 is 5.97 Å². The number of benzene rings is 1. The molecule has 6 heteroatoms. The molecule has 6 nitrogen and oxygen atoms in total. The van der Waals surface area contributed by atoms with Gasteiger partial charge in [-0.05, 0) is 17.7 Å². The molecule has 0 unspecified atom stereocenters. The molecule has 1 aliphatic heterocycles. The van der Waals surface area contributed by atoms with Crippen molar-refractivity contribution in [3.8, 4) is 0 Å². The summed E-state index contributed by atoms with van der Waals surface area (Å²) < 4.78 is 10.1. The molecule has 0 aliphatic carbocycles. The SMILES string of the molecule is O=C(OCc1ccccc1)c1ccc(CN[C@H]2CCOC2=O)[nH]1. The van der Waals surface area contributed by atoms with Crippen LogP contribution in [0.15, 0.2) is 42.5 Å². The van der Waals surface area contributed by atoms with Gasteiger partial charge in [-0.25, -0.2) is 4.79 Å². The van der Waals surface area contributed by atoms with Gasteiger partial charge in [-0.3, -0.25) is 10.1 Å². The highest BCUT2D eigenvalue weighted by Gasteiger charge is 2.25. The number of H-pyrrole nitrogens is 1. The number of ether oxygens (including phenoxy) is 2. The van der Waals surface area contributed by atoms with E-state index in [9.17, 15) is 9.59 Å². The minimum Gasteiger partial charge on any atom is -0.464 e. The Balaban J connectivity index is 1.50. The van der Waals surface area contributed by atoms with E-state index >= 15 is 0 Å².